The van der Waals surface area contributed by atoms with Gasteiger partial charge in [0.15, 0.2) is 0 Å². The highest BCUT2D eigenvalue weighted by molar-refractivity contribution is 5.55. The molecule has 0 aromatic carbocycles. The third kappa shape index (κ3) is 3.44. The second-order valence-corrected chi connectivity index (χ2v) is 2.27. The van der Waals surface area contributed by atoms with Gasteiger partial charge in [-0.1, -0.05) is 0 Å². The minimum absolute atomic E-state index is 0.333. The topological polar surface area (TPSA) is 104 Å². The van der Waals surface area contributed by atoms with Crippen LogP contribution < -0.4 is 11.5 Å². The van der Waals surface area contributed by atoms with Gasteiger partial charge in [-0.3, -0.25) is 0 Å². The van der Waals surface area contributed by atoms with E-state index in [0.29, 0.717) is 11.5 Å². The summed E-state index contributed by atoms with van der Waals surface area (Å²) in [6, 6.07) is 1.78. The first-order valence-electron chi connectivity index (χ1n) is 3.81. The van der Waals surface area contributed by atoms with Gasteiger partial charge in [0.05, 0.1) is 11.9 Å². The first-order valence-corrected chi connectivity index (χ1v) is 3.81. The maximum absolute atomic E-state index is 5.27. The van der Waals surface area contributed by atoms with Gasteiger partial charge < -0.3 is 11.5 Å². The van der Waals surface area contributed by atoms with Crippen molar-refractivity contribution in [3.8, 4) is 0 Å². The maximum Gasteiger partial charge on any atom is 0.150 e. The van der Waals surface area contributed by atoms with Crippen molar-refractivity contribution in [1.29, 1.82) is 0 Å². The van der Waals surface area contributed by atoms with E-state index in [2.05, 4.69) is 19.9 Å². The Hall–Kier alpha value is -2.24. The van der Waals surface area contributed by atoms with Crippen LogP contribution in [0.1, 0.15) is 0 Å². The lowest BCUT2D eigenvalue weighted by Gasteiger charge is -1.91. The minimum Gasteiger partial charge on any atom is -0.394 e. The Labute approximate surface area is 81.1 Å². The van der Waals surface area contributed by atoms with Crippen LogP contribution in [0.3, 0.4) is 0 Å². The molecular formula is C8H10N6. The summed E-state index contributed by atoms with van der Waals surface area (Å²) in [6.07, 6.45) is 7.69. The molecule has 2 aromatic rings. The van der Waals surface area contributed by atoms with Crippen LogP contribution in [0.25, 0.3) is 0 Å². The fourth-order valence-corrected chi connectivity index (χ4v) is 0.603. The Morgan fingerprint density at radius 2 is 1.64 bits per heavy atom. The van der Waals surface area contributed by atoms with E-state index in [1.807, 2.05) is 0 Å². The quantitative estimate of drug-likeness (QED) is 0.611. The van der Waals surface area contributed by atoms with Crippen molar-refractivity contribution in [2.24, 2.45) is 0 Å². The summed E-state index contributed by atoms with van der Waals surface area (Å²) >= 11 is 0. The molecule has 0 unspecified atom stereocenters. The summed E-state index contributed by atoms with van der Waals surface area (Å²) in [5, 5.41) is 0. The molecule has 0 radical (unpaired) electrons. The van der Waals surface area contributed by atoms with Gasteiger partial charge in [-0.15, -0.1) is 0 Å². The van der Waals surface area contributed by atoms with Crippen LogP contribution in [0.2, 0.25) is 0 Å². The zero-order valence-electron chi connectivity index (χ0n) is 7.41. The van der Waals surface area contributed by atoms with Gasteiger partial charge in [0, 0.05) is 12.4 Å². The molecule has 0 aliphatic rings. The number of aromatic nitrogens is 4. The Morgan fingerprint density at radius 1 is 0.929 bits per heavy atom. The lowest BCUT2D eigenvalue weighted by atomic mass is 10.5. The molecule has 0 spiro atoms. The molecule has 14 heavy (non-hydrogen) atoms. The van der Waals surface area contributed by atoms with Crippen LogP contribution in [-0.4, -0.2) is 19.9 Å². The van der Waals surface area contributed by atoms with Crippen molar-refractivity contribution >= 4 is 11.5 Å². The Morgan fingerprint density at radius 3 is 1.93 bits per heavy atom. The number of rotatable bonds is 0. The summed E-state index contributed by atoms with van der Waals surface area (Å²) in [6.45, 7) is 0. The van der Waals surface area contributed by atoms with E-state index in [4.69, 9.17) is 11.5 Å². The van der Waals surface area contributed by atoms with Gasteiger partial charge in [-0.05, 0) is 6.07 Å². The van der Waals surface area contributed by atoms with Crippen LogP contribution in [-0.2, 0) is 0 Å². The molecular weight excluding hydrogens is 180 g/mol. The number of hydrogen-bond acceptors (Lipinski definition) is 6. The average molecular weight is 190 g/mol. The fraction of sp³-hybridized carbons (Fsp3) is 0. The third-order valence-corrected chi connectivity index (χ3v) is 1.25. The predicted molar refractivity (Wildman–Crippen MR) is 52.9 cm³/mol. The molecule has 0 amide bonds. The number of nitrogen functional groups attached to an aromatic ring is 2. The molecule has 2 rings (SSSR count). The van der Waals surface area contributed by atoms with Crippen molar-refractivity contribution in [3.63, 3.8) is 0 Å². The number of anilines is 2. The molecule has 0 saturated carbocycles. The summed E-state index contributed by atoms with van der Waals surface area (Å²) in [4.78, 5) is 14.6. The minimum atomic E-state index is 0.333. The monoisotopic (exact) mass is 190 g/mol. The van der Waals surface area contributed by atoms with E-state index in [1.165, 1.54) is 18.9 Å². The smallest absolute Gasteiger partial charge is 0.150 e. The summed E-state index contributed by atoms with van der Waals surface area (Å²) < 4.78 is 0. The van der Waals surface area contributed by atoms with Crippen LogP contribution >= 0.6 is 0 Å². The molecule has 4 N–H and O–H groups in total. The van der Waals surface area contributed by atoms with Gasteiger partial charge in [0.1, 0.15) is 18.5 Å². The van der Waals surface area contributed by atoms with Crippen LogP contribution in [0.15, 0.2) is 37.3 Å². The molecule has 6 heteroatoms. The SMILES string of the molecule is Nc1cncnc1N.c1cncnc1. The van der Waals surface area contributed by atoms with Crippen molar-refractivity contribution in [2.45, 2.75) is 0 Å². The zero-order valence-corrected chi connectivity index (χ0v) is 7.41. The van der Waals surface area contributed by atoms with E-state index in [9.17, 15) is 0 Å². The van der Waals surface area contributed by atoms with E-state index < -0.39 is 0 Å². The average Bonchev–Trinajstić information content (AvgIpc) is 2.26. The lowest BCUT2D eigenvalue weighted by molar-refractivity contribution is 1.17. The van der Waals surface area contributed by atoms with Gasteiger partial charge in [0.25, 0.3) is 0 Å². The highest BCUT2D eigenvalue weighted by Crippen LogP contribution is 2.03. The molecule has 72 valence electrons. The summed E-state index contributed by atoms with van der Waals surface area (Å²) in [5.74, 6) is 0.333. The maximum atomic E-state index is 5.27. The molecule has 0 aliphatic carbocycles. The first-order chi connectivity index (χ1) is 6.80. The zero-order chi connectivity index (χ0) is 10.2. The van der Waals surface area contributed by atoms with Crippen molar-refractivity contribution in [2.75, 3.05) is 11.5 Å². The van der Waals surface area contributed by atoms with Gasteiger partial charge in [-0.25, -0.2) is 19.9 Å². The Kier molecular flexibility index (Phi) is 3.81. The fourth-order valence-electron chi connectivity index (χ4n) is 0.603. The van der Waals surface area contributed by atoms with Gasteiger partial charge in [0.2, 0.25) is 0 Å². The standard InChI is InChI=1S/C4H6N4.C4H4N2/c5-3-1-7-2-8-4(3)6;1-2-5-4-6-3-1/h1-2H,5H2,(H2,6,7,8);1-4H. The molecule has 0 aliphatic heterocycles. The van der Waals surface area contributed by atoms with Crippen molar-refractivity contribution in [3.05, 3.63) is 37.3 Å². The second kappa shape index (κ2) is 5.41. The third-order valence-electron chi connectivity index (χ3n) is 1.25. The van der Waals surface area contributed by atoms with E-state index in [0.717, 1.165) is 0 Å². The number of nitrogens with zero attached hydrogens (tertiary/aromatic N) is 4. The van der Waals surface area contributed by atoms with Crippen LogP contribution in [0.5, 0.6) is 0 Å². The van der Waals surface area contributed by atoms with Gasteiger partial charge >= 0.3 is 0 Å². The molecule has 0 saturated heterocycles. The summed E-state index contributed by atoms with van der Waals surface area (Å²) in [5.41, 5.74) is 10.9. The molecule has 2 aromatic heterocycles. The molecule has 0 atom stereocenters. The normalized spacial score (nSPS) is 8.57. The summed E-state index contributed by atoms with van der Waals surface area (Å²) in [7, 11) is 0. The lowest BCUT2D eigenvalue weighted by Crippen LogP contribution is -1.97. The van der Waals surface area contributed by atoms with Crippen molar-refractivity contribution in [1.82, 2.24) is 19.9 Å². The second-order valence-electron chi connectivity index (χ2n) is 2.27. The van der Waals surface area contributed by atoms with Crippen LogP contribution in [0, 0.1) is 0 Å². The Balaban J connectivity index is 0.000000146. The van der Waals surface area contributed by atoms with Gasteiger partial charge in [-0.2, -0.15) is 0 Å². The van der Waals surface area contributed by atoms with E-state index in [1.54, 1.807) is 18.5 Å². The molecule has 6 nitrogen and oxygen atoms in total. The van der Waals surface area contributed by atoms with E-state index in [-0.39, 0.29) is 0 Å². The Bertz CT molecular complexity index is 316. The highest BCUT2D eigenvalue weighted by Gasteiger charge is 1.88. The molecule has 0 fully saturated rings. The van der Waals surface area contributed by atoms with Crippen molar-refractivity contribution < 1.29 is 0 Å². The first kappa shape index (κ1) is 9.85. The number of nitrogens with two attached hydrogens (primary N) is 2. The number of hydrogen-bond donors (Lipinski definition) is 2. The van der Waals surface area contributed by atoms with E-state index >= 15 is 0 Å². The molecule has 0 bridgehead atoms. The largest absolute Gasteiger partial charge is 0.394 e. The van der Waals surface area contributed by atoms with Crippen LogP contribution in [0.4, 0.5) is 11.5 Å². The highest BCUT2D eigenvalue weighted by atomic mass is 14.9. The molecule has 2 heterocycles. The predicted octanol–water partition coefficient (Wildman–Crippen LogP) is 0.118.